The molecule has 0 aliphatic carbocycles. The maximum absolute atomic E-state index is 2.38. The minimum Gasteiger partial charge on any atom is -0.135 e. The second-order valence-corrected chi connectivity index (χ2v) is 13.8. The Morgan fingerprint density at radius 1 is 0.318 bits per heavy atom. The molecule has 0 fully saturated rings. The van der Waals surface area contributed by atoms with Gasteiger partial charge in [0.1, 0.15) is 0 Å². The predicted octanol–water partition coefficient (Wildman–Crippen LogP) is 13.2. The van der Waals surface area contributed by atoms with Gasteiger partial charge in [-0.3, -0.25) is 0 Å². The lowest BCUT2D eigenvalue weighted by Gasteiger charge is -2.13. The SMILES string of the molecule is c1ccc2c(-c3ccc(-c4ccc5c(c4)sc4ccc6c(ccc7c8ccccc8sc76)c45)cc3)c3ccccc3cc2c1. The Hall–Kier alpha value is -5.02. The minimum absolute atomic E-state index is 1.24. The molecule has 2 aromatic heterocycles. The number of thiophene rings is 2. The number of rotatable bonds is 2. The topological polar surface area (TPSA) is 0 Å². The van der Waals surface area contributed by atoms with E-state index in [2.05, 4.69) is 146 Å². The molecule has 44 heavy (non-hydrogen) atoms. The average molecular weight is 593 g/mol. The fourth-order valence-electron chi connectivity index (χ4n) is 7.20. The number of hydrogen-bond acceptors (Lipinski definition) is 2. The predicted molar refractivity (Wildman–Crippen MR) is 196 cm³/mol. The van der Waals surface area contributed by atoms with Crippen LogP contribution in [0.4, 0.5) is 0 Å². The fourth-order valence-corrected chi connectivity index (χ4v) is 9.59. The summed E-state index contributed by atoms with van der Waals surface area (Å²) < 4.78 is 5.43. The highest BCUT2D eigenvalue weighted by Gasteiger charge is 2.15. The maximum atomic E-state index is 2.38. The van der Waals surface area contributed by atoms with E-state index in [1.807, 2.05) is 22.7 Å². The molecule has 2 heteroatoms. The molecule has 0 radical (unpaired) electrons. The summed E-state index contributed by atoms with van der Waals surface area (Å²) in [5.41, 5.74) is 5.07. The van der Waals surface area contributed by atoms with Crippen molar-refractivity contribution in [3.63, 3.8) is 0 Å². The van der Waals surface area contributed by atoms with Crippen molar-refractivity contribution in [3.8, 4) is 22.3 Å². The largest absolute Gasteiger partial charge is 0.135 e. The molecular weight excluding hydrogens is 569 g/mol. The van der Waals surface area contributed by atoms with E-state index in [-0.39, 0.29) is 0 Å². The van der Waals surface area contributed by atoms with Crippen LogP contribution in [0.3, 0.4) is 0 Å². The first-order chi connectivity index (χ1) is 21.8. The molecule has 0 aliphatic rings. The summed E-state index contributed by atoms with van der Waals surface area (Å²) in [7, 11) is 0. The third-order valence-corrected chi connectivity index (χ3v) is 11.6. The third-order valence-electron chi connectivity index (χ3n) is 9.25. The standard InChI is InChI=1S/C42H24S2/c1-3-9-30-28(7-1)23-29-8-2-4-10-31(29)40(30)26-15-13-25(14-16-26)27-17-18-36-39(24-27)43-38-22-21-35-33(41(36)38)19-20-34-32-11-5-6-12-37(32)44-42(34)35/h1-24H. The van der Waals surface area contributed by atoms with Crippen LogP contribution in [0.25, 0.3) is 94.9 Å². The van der Waals surface area contributed by atoms with E-state index in [1.165, 1.54) is 94.9 Å². The van der Waals surface area contributed by atoms with E-state index in [0.29, 0.717) is 0 Å². The van der Waals surface area contributed by atoms with E-state index in [9.17, 15) is 0 Å². The molecule has 0 nitrogen and oxygen atoms in total. The van der Waals surface area contributed by atoms with E-state index in [4.69, 9.17) is 0 Å². The van der Waals surface area contributed by atoms with Crippen LogP contribution >= 0.6 is 22.7 Å². The van der Waals surface area contributed by atoms with E-state index in [0.717, 1.165) is 0 Å². The van der Waals surface area contributed by atoms with Crippen molar-refractivity contribution in [1.29, 1.82) is 0 Å². The maximum Gasteiger partial charge on any atom is 0.0434 e. The highest BCUT2D eigenvalue weighted by Crippen LogP contribution is 2.45. The molecule has 0 aliphatic heterocycles. The normalized spacial score (nSPS) is 12.1. The fraction of sp³-hybridized carbons (Fsp3) is 0. The lowest BCUT2D eigenvalue weighted by Crippen LogP contribution is -1.86. The van der Waals surface area contributed by atoms with Gasteiger partial charge in [-0.2, -0.15) is 0 Å². The molecule has 0 amide bonds. The van der Waals surface area contributed by atoms with E-state index >= 15 is 0 Å². The molecule has 0 atom stereocenters. The molecule has 0 N–H and O–H groups in total. The molecule has 8 aromatic carbocycles. The molecule has 0 saturated carbocycles. The lowest BCUT2D eigenvalue weighted by molar-refractivity contribution is 1.64. The first-order valence-corrected chi connectivity index (χ1v) is 16.6. The molecule has 0 bridgehead atoms. The molecule has 2 heterocycles. The van der Waals surface area contributed by atoms with E-state index < -0.39 is 0 Å². The second-order valence-electron chi connectivity index (χ2n) is 11.7. The van der Waals surface area contributed by atoms with Crippen LogP contribution in [0.1, 0.15) is 0 Å². The third kappa shape index (κ3) is 3.50. The summed E-state index contributed by atoms with van der Waals surface area (Å²) in [4.78, 5) is 0. The van der Waals surface area contributed by atoms with Crippen LogP contribution in [0.2, 0.25) is 0 Å². The van der Waals surface area contributed by atoms with Crippen LogP contribution in [0.5, 0.6) is 0 Å². The first-order valence-electron chi connectivity index (χ1n) is 15.0. The van der Waals surface area contributed by atoms with Gasteiger partial charge in [-0.05, 0) is 73.5 Å². The van der Waals surface area contributed by atoms with E-state index in [1.54, 1.807) is 0 Å². The van der Waals surface area contributed by atoms with Gasteiger partial charge in [0.15, 0.2) is 0 Å². The molecule has 10 rings (SSSR count). The highest BCUT2D eigenvalue weighted by atomic mass is 32.1. The average Bonchev–Trinajstić information content (AvgIpc) is 3.65. The van der Waals surface area contributed by atoms with Gasteiger partial charge in [-0.25, -0.2) is 0 Å². The Morgan fingerprint density at radius 3 is 1.70 bits per heavy atom. The summed E-state index contributed by atoms with van der Waals surface area (Å²) >= 11 is 3.81. The van der Waals surface area contributed by atoms with Crippen LogP contribution in [-0.4, -0.2) is 0 Å². The van der Waals surface area contributed by atoms with Gasteiger partial charge in [0, 0.05) is 45.7 Å². The van der Waals surface area contributed by atoms with Crippen molar-refractivity contribution >= 4 is 95.3 Å². The van der Waals surface area contributed by atoms with Crippen LogP contribution in [-0.2, 0) is 0 Å². The Bertz CT molecular complexity index is 2700. The zero-order chi connectivity index (χ0) is 28.8. The second kappa shape index (κ2) is 9.24. The van der Waals surface area contributed by atoms with Crippen LogP contribution in [0.15, 0.2) is 146 Å². The number of hydrogen-bond donors (Lipinski definition) is 0. The summed E-state index contributed by atoms with van der Waals surface area (Å²) in [5.74, 6) is 0. The number of fused-ring (bicyclic) bond motifs is 11. The van der Waals surface area contributed by atoms with Gasteiger partial charge in [0.25, 0.3) is 0 Å². The molecule has 0 saturated heterocycles. The summed E-state index contributed by atoms with van der Waals surface area (Å²) in [5, 5.41) is 13.3. The Labute approximate surface area is 262 Å². The number of benzene rings is 8. The van der Waals surface area contributed by atoms with Crippen molar-refractivity contribution in [2.24, 2.45) is 0 Å². The Morgan fingerprint density at radius 2 is 0.909 bits per heavy atom. The van der Waals surface area contributed by atoms with Gasteiger partial charge < -0.3 is 0 Å². The smallest absolute Gasteiger partial charge is 0.0434 e. The summed E-state index contributed by atoms with van der Waals surface area (Å²) in [6.45, 7) is 0. The zero-order valence-corrected chi connectivity index (χ0v) is 25.3. The van der Waals surface area contributed by atoms with Crippen molar-refractivity contribution in [3.05, 3.63) is 146 Å². The van der Waals surface area contributed by atoms with Gasteiger partial charge in [0.05, 0.1) is 0 Å². The monoisotopic (exact) mass is 592 g/mol. The van der Waals surface area contributed by atoms with Gasteiger partial charge in [-0.1, -0.05) is 121 Å². The molecule has 204 valence electrons. The highest BCUT2D eigenvalue weighted by molar-refractivity contribution is 7.27. The molecule has 0 unspecified atom stereocenters. The first kappa shape index (κ1) is 24.4. The van der Waals surface area contributed by atoms with Crippen molar-refractivity contribution < 1.29 is 0 Å². The van der Waals surface area contributed by atoms with Gasteiger partial charge in [-0.15, -0.1) is 22.7 Å². The Balaban J connectivity index is 1.11. The van der Waals surface area contributed by atoms with Crippen molar-refractivity contribution in [2.75, 3.05) is 0 Å². The molecule has 10 aromatic rings. The van der Waals surface area contributed by atoms with Crippen LogP contribution in [0, 0.1) is 0 Å². The van der Waals surface area contributed by atoms with Gasteiger partial charge in [0.2, 0.25) is 0 Å². The van der Waals surface area contributed by atoms with Gasteiger partial charge >= 0.3 is 0 Å². The van der Waals surface area contributed by atoms with Crippen molar-refractivity contribution in [2.45, 2.75) is 0 Å². The summed E-state index contributed by atoms with van der Waals surface area (Å²) in [6.07, 6.45) is 0. The molecular formula is C42H24S2. The quantitative estimate of drug-likeness (QED) is 0.175. The summed E-state index contributed by atoms with van der Waals surface area (Å²) in [6, 6.07) is 54.0. The zero-order valence-electron chi connectivity index (χ0n) is 23.7. The molecule has 0 spiro atoms. The van der Waals surface area contributed by atoms with Crippen molar-refractivity contribution in [1.82, 2.24) is 0 Å². The van der Waals surface area contributed by atoms with Crippen LogP contribution < -0.4 is 0 Å². The Kier molecular flexibility index (Phi) is 5.13. The lowest BCUT2D eigenvalue weighted by atomic mass is 9.91. The minimum atomic E-state index is 1.24.